The molecular weight excluding hydrogens is 388 g/mol. The predicted molar refractivity (Wildman–Crippen MR) is 122 cm³/mol. The summed E-state index contributed by atoms with van der Waals surface area (Å²) in [7, 11) is 0. The molecule has 0 unspecified atom stereocenters. The summed E-state index contributed by atoms with van der Waals surface area (Å²) >= 11 is 0. The van der Waals surface area contributed by atoms with Crippen LogP contribution in [-0.2, 0) is 11.2 Å². The van der Waals surface area contributed by atoms with Crippen molar-refractivity contribution >= 4 is 23.3 Å². The van der Waals surface area contributed by atoms with Crippen molar-refractivity contribution in [1.82, 2.24) is 5.32 Å². The van der Waals surface area contributed by atoms with Crippen LogP contribution in [0, 0.1) is 6.92 Å². The lowest BCUT2D eigenvalue weighted by atomic mass is 10.0. The molecule has 0 heterocycles. The number of anilines is 1. The third-order valence-corrected chi connectivity index (χ3v) is 4.94. The van der Waals surface area contributed by atoms with Crippen LogP contribution in [0.5, 0.6) is 0 Å². The van der Waals surface area contributed by atoms with Gasteiger partial charge in [-0.25, -0.2) is 0 Å². The molecule has 3 aromatic rings. The number of amides is 2. The van der Waals surface area contributed by atoms with Crippen molar-refractivity contribution in [2.75, 3.05) is 11.9 Å². The van der Waals surface area contributed by atoms with Crippen LogP contribution in [0.3, 0.4) is 0 Å². The van der Waals surface area contributed by atoms with Crippen LogP contribution in [0.15, 0.2) is 78.9 Å². The van der Waals surface area contributed by atoms with Gasteiger partial charge < -0.3 is 10.6 Å². The lowest BCUT2D eigenvalue weighted by molar-refractivity contribution is -0.116. The third kappa shape index (κ3) is 6.64. The molecule has 0 atom stereocenters. The van der Waals surface area contributed by atoms with Gasteiger partial charge in [-0.1, -0.05) is 72.3 Å². The number of hydrogen-bond acceptors (Lipinski definition) is 3. The molecule has 5 nitrogen and oxygen atoms in total. The Morgan fingerprint density at radius 2 is 1.45 bits per heavy atom. The van der Waals surface area contributed by atoms with Crippen LogP contribution in [-0.4, -0.2) is 24.1 Å². The Kier molecular flexibility index (Phi) is 7.71. The number of carbonyl (C=O) groups excluding carboxylic acids is 3. The zero-order valence-corrected chi connectivity index (χ0v) is 17.6. The minimum atomic E-state index is -0.301. The highest BCUT2D eigenvalue weighted by Gasteiger charge is 2.14. The molecule has 3 aromatic carbocycles. The first-order valence-electron chi connectivity index (χ1n) is 10.3. The molecule has 5 heteroatoms. The predicted octanol–water partition coefficient (Wildman–Crippen LogP) is 4.57. The molecule has 0 aliphatic rings. The van der Waals surface area contributed by atoms with E-state index in [1.165, 1.54) is 0 Å². The Morgan fingerprint density at radius 1 is 0.774 bits per heavy atom. The van der Waals surface area contributed by atoms with E-state index in [1.54, 1.807) is 36.4 Å². The van der Waals surface area contributed by atoms with Gasteiger partial charge >= 0.3 is 0 Å². The van der Waals surface area contributed by atoms with Gasteiger partial charge in [-0.15, -0.1) is 0 Å². The van der Waals surface area contributed by atoms with Gasteiger partial charge in [0, 0.05) is 24.9 Å². The van der Waals surface area contributed by atoms with Gasteiger partial charge in [0.25, 0.3) is 5.91 Å². The molecular formula is C26H26N2O3. The third-order valence-electron chi connectivity index (χ3n) is 4.94. The number of nitrogens with one attached hydrogen (secondary N) is 2. The van der Waals surface area contributed by atoms with Crippen LogP contribution in [0.25, 0.3) is 0 Å². The largest absolute Gasteiger partial charge is 0.352 e. The number of aryl methyl sites for hydroxylation is 1. The standard InChI is InChI=1S/C26H26N2O3/c1-19-11-13-21(14-12-19)24(29)15-16-25(30)28-23-10-6-5-9-22(23)26(31)27-18-17-20-7-3-2-4-8-20/h2-14H,15-18H2,1H3,(H,27,31)(H,28,30). The summed E-state index contributed by atoms with van der Waals surface area (Å²) in [5, 5.41) is 5.66. The minimum absolute atomic E-state index is 0.0523. The van der Waals surface area contributed by atoms with Crippen LogP contribution >= 0.6 is 0 Å². The van der Waals surface area contributed by atoms with E-state index in [9.17, 15) is 14.4 Å². The average molecular weight is 415 g/mol. The van der Waals surface area contributed by atoms with E-state index in [0.29, 0.717) is 23.4 Å². The first-order valence-corrected chi connectivity index (χ1v) is 10.3. The summed E-state index contributed by atoms with van der Waals surface area (Å²) in [5.41, 5.74) is 3.65. The highest BCUT2D eigenvalue weighted by Crippen LogP contribution is 2.16. The number of ketones is 1. The van der Waals surface area contributed by atoms with Gasteiger partial charge in [0.15, 0.2) is 5.78 Å². The zero-order chi connectivity index (χ0) is 22.1. The van der Waals surface area contributed by atoms with Crippen molar-refractivity contribution < 1.29 is 14.4 Å². The van der Waals surface area contributed by atoms with Gasteiger partial charge in [0.1, 0.15) is 0 Å². The molecule has 0 saturated carbocycles. The van der Waals surface area contributed by atoms with E-state index in [4.69, 9.17) is 0 Å². The maximum Gasteiger partial charge on any atom is 0.253 e. The molecule has 3 rings (SSSR count). The fraction of sp³-hybridized carbons (Fsp3) is 0.192. The number of benzene rings is 3. The quantitative estimate of drug-likeness (QED) is 0.504. The molecule has 0 saturated heterocycles. The second-order valence-corrected chi connectivity index (χ2v) is 7.37. The molecule has 2 N–H and O–H groups in total. The van der Waals surface area contributed by atoms with E-state index in [2.05, 4.69) is 10.6 Å². The van der Waals surface area contributed by atoms with Crippen molar-refractivity contribution in [2.45, 2.75) is 26.2 Å². The number of Topliss-reactive ketones (excluding diaryl/α,β-unsaturated/α-hetero) is 1. The zero-order valence-electron chi connectivity index (χ0n) is 17.6. The van der Waals surface area contributed by atoms with E-state index in [1.807, 2.05) is 49.4 Å². The van der Waals surface area contributed by atoms with E-state index >= 15 is 0 Å². The number of hydrogen-bond donors (Lipinski definition) is 2. The van der Waals surface area contributed by atoms with Crippen molar-refractivity contribution in [3.8, 4) is 0 Å². The Hall–Kier alpha value is -3.73. The first kappa shape index (κ1) is 22.0. The van der Waals surface area contributed by atoms with Crippen molar-refractivity contribution in [1.29, 1.82) is 0 Å². The molecule has 2 amide bonds. The van der Waals surface area contributed by atoms with Crippen LogP contribution in [0.4, 0.5) is 5.69 Å². The molecule has 31 heavy (non-hydrogen) atoms. The topological polar surface area (TPSA) is 75.3 Å². The number of carbonyl (C=O) groups is 3. The summed E-state index contributed by atoms with van der Waals surface area (Å²) in [4.78, 5) is 37.3. The Bertz CT molecular complexity index is 1040. The minimum Gasteiger partial charge on any atom is -0.352 e. The van der Waals surface area contributed by atoms with Gasteiger partial charge in [0.2, 0.25) is 5.91 Å². The summed E-state index contributed by atoms with van der Waals surface area (Å²) < 4.78 is 0. The SMILES string of the molecule is Cc1ccc(C(=O)CCC(=O)Nc2ccccc2C(=O)NCCc2ccccc2)cc1. The monoisotopic (exact) mass is 414 g/mol. The van der Waals surface area contributed by atoms with Gasteiger partial charge in [0.05, 0.1) is 11.3 Å². The number of rotatable bonds is 9. The molecule has 0 fully saturated rings. The molecule has 0 bridgehead atoms. The second kappa shape index (κ2) is 10.9. The summed E-state index contributed by atoms with van der Waals surface area (Å²) in [5.74, 6) is -0.630. The molecule has 158 valence electrons. The highest BCUT2D eigenvalue weighted by atomic mass is 16.2. The highest BCUT2D eigenvalue weighted by molar-refractivity contribution is 6.05. The first-order chi connectivity index (χ1) is 15.0. The lowest BCUT2D eigenvalue weighted by Crippen LogP contribution is -2.27. The average Bonchev–Trinajstić information content (AvgIpc) is 2.79. The smallest absolute Gasteiger partial charge is 0.253 e. The molecule has 0 aromatic heterocycles. The normalized spacial score (nSPS) is 10.4. The fourth-order valence-corrected chi connectivity index (χ4v) is 3.17. The maximum absolute atomic E-state index is 12.6. The van der Waals surface area contributed by atoms with Crippen molar-refractivity contribution in [3.05, 3.63) is 101 Å². The Balaban J connectivity index is 1.53. The summed E-state index contributed by atoms with van der Waals surface area (Å²) in [6, 6.07) is 24.1. The van der Waals surface area contributed by atoms with Gasteiger partial charge in [-0.3, -0.25) is 14.4 Å². The van der Waals surface area contributed by atoms with Gasteiger partial charge in [-0.2, -0.15) is 0 Å². The fourth-order valence-electron chi connectivity index (χ4n) is 3.17. The molecule has 0 spiro atoms. The van der Waals surface area contributed by atoms with E-state index < -0.39 is 0 Å². The van der Waals surface area contributed by atoms with E-state index in [-0.39, 0.29) is 30.4 Å². The van der Waals surface area contributed by atoms with E-state index in [0.717, 1.165) is 17.5 Å². The van der Waals surface area contributed by atoms with Crippen LogP contribution in [0.1, 0.15) is 44.7 Å². The molecule has 0 radical (unpaired) electrons. The van der Waals surface area contributed by atoms with Crippen LogP contribution < -0.4 is 10.6 Å². The summed E-state index contributed by atoms with van der Waals surface area (Å²) in [6.07, 6.45) is 0.888. The molecule has 0 aliphatic carbocycles. The van der Waals surface area contributed by atoms with Crippen molar-refractivity contribution in [3.63, 3.8) is 0 Å². The second-order valence-electron chi connectivity index (χ2n) is 7.37. The molecule has 0 aliphatic heterocycles. The summed E-state index contributed by atoms with van der Waals surface area (Å²) in [6.45, 7) is 2.45. The lowest BCUT2D eigenvalue weighted by Gasteiger charge is -2.11. The van der Waals surface area contributed by atoms with Gasteiger partial charge in [-0.05, 0) is 31.0 Å². The van der Waals surface area contributed by atoms with Crippen LogP contribution in [0.2, 0.25) is 0 Å². The number of para-hydroxylation sites is 1. The maximum atomic E-state index is 12.6. The Labute approximate surface area is 182 Å². The Morgan fingerprint density at radius 3 is 2.19 bits per heavy atom. The van der Waals surface area contributed by atoms with Crippen molar-refractivity contribution in [2.24, 2.45) is 0 Å².